The number of ketones is 1. The largest absolute Gasteiger partial charge is 0.325 e. The second-order valence-electron chi connectivity index (χ2n) is 4.46. The van der Waals surface area contributed by atoms with E-state index < -0.39 is 11.8 Å². The van der Waals surface area contributed by atoms with Crippen molar-refractivity contribution in [2.75, 3.05) is 5.32 Å². The van der Waals surface area contributed by atoms with Gasteiger partial charge in [-0.1, -0.05) is 0 Å². The summed E-state index contributed by atoms with van der Waals surface area (Å²) in [6, 6.07) is 10.3. The summed E-state index contributed by atoms with van der Waals surface area (Å²) in [5.41, 5.74) is 1.03. The Morgan fingerprint density at radius 2 is 2.00 bits per heavy atom. The van der Waals surface area contributed by atoms with Gasteiger partial charge in [0.2, 0.25) is 5.91 Å². The topological polar surface area (TPSA) is 93.8 Å². The van der Waals surface area contributed by atoms with Gasteiger partial charge in [-0.25, -0.2) is 0 Å². The Hall–Kier alpha value is -2.66. The van der Waals surface area contributed by atoms with Crippen molar-refractivity contribution in [2.45, 2.75) is 12.8 Å². The average Bonchev–Trinajstić information content (AvgIpc) is 3.12. The lowest BCUT2D eigenvalue weighted by Crippen LogP contribution is -2.22. The van der Waals surface area contributed by atoms with Crippen LogP contribution >= 0.6 is 0 Å². The zero-order valence-corrected chi connectivity index (χ0v) is 10.1. The lowest BCUT2D eigenvalue weighted by molar-refractivity contribution is -0.118. The van der Waals surface area contributed by atoms with Crippen LogP contribution in [-0.4, -0.2) is 11.7 Å². The molecule has 0 radical (unpaired) electrons. The Balaban J connectivity index is 1.96. The minimum Gasteiger partial charge on any atom is -0.325 e. The fourth-order valence-electron chi connectivity index (χ4n) is 1.76. The fraction of sp³-hybridized carbons (Fsp3) is 0.286. The molecular formula is C14H11N3O2. The number of hydrogen-bond donors (Lipinski definition) is 1. The lowest BCUT2D eigenvalue weighted by atomic mass is 10.0. The SMILES string of the molecule is N#Cc1ccc(NC(=O)C(C#N)CC2CC2=O)cc1. The zero-order valence-electron chi connectivity index (χ0n) is 10.1. The summed E-state index contributed by atoms with van der Waals surface area (Å²) in [6.45, 7) is 0. The van der Waals surface area contributed by atoms with Gasteiger partial charge in [0, 0.05) is 18.0 Å². The molecule has 1 aromatic carbocycles. The first-order chi connectivity index (χ1) is 9.13. The fourth-order valence-corrected chi connectivity index (χ4v) is 1.76. The molecule has 1 fully saturated rings. The van der Waals surface area contributed by atoms with Crippen LogP contribution in [0.15, 0.2) is 24.3 Å². The Morgan fingerprint density at radius 1 is 1.37 bits per heavy atom. The Labute approximate surface area is 110 Å². The van der Waals surface area contributed by atoms with E-state index in [1.807, 2.05) is 12.1 Å². The predicted molar refractivity (Wildman–Crippen MR) is 66.6 cm³/mol. The molecule has 0 saturated heterocycles. The van der Waals surface area contributed by atoms with Crippen LogP contribution in [0.1, 0.15) is 18.4 Å². The second-order valence-corrected chi connectivity index (χ2v) is 4.46. The van der Waals surface area contributed by atoms with Crippen molar-refractivity contribution >= 4 is 17.4 Å². The van der Waals surface area contributed by atoms with Gasteiger partial charge in [0.05, 0.1) is 17.7 Å². The monoisotopic (exact) mass is 253 g/mol. The van der Waals surface area contributed by atoms with Crippen LogP contribution in [0.2, 0.25) is 0 Å². The molecule has 1 amide bonds. The van der Waals surface area contributed by atoms with Crippen LogP contribution in [0.3, 0.4) is 0 Å². The van der Waals surface area contributed by atoms with Gasteiger partial charge in [-0.05, 0) is 30.7 Å². The van der Waals surface area contributed by atoms with E-state index in [4.69, 9.17) is 10.5 Å². The highest BCUT2D eigenvalue weighted by molar-refractivity contribution is 5.98. The van der Waals surface area contributed by atoms with Gasteiger partial charge in [-0.15, -0.1) is 0 Å². The molecule has 0 aromatic heterocycles. The van der Waals surface area contributed by atoms with E-state index in [9.17, 15) is 9.59 Å². The summed E-state index contributed by atoms with van der Waals surface area (Å²) >= 11 is 0. The van der Waals surface area contributed by atoms with Gasteiger partial charge in [-0.2, -0.15) is 10.5 Å². The van der Waals surface area contributed by atoms with E-state index in [0.29, 0.717) is 17.7 Å². The highest BCUT2D eigenvalue weighted by Gasteiger charge is 2.38. The highest BCUT2D eigenvalue weighted by Crippen LogP contribution is 2.31. The number of nitrogens with zero attached hydrogens (tertiary/aromatic N) is 2. The van der Waals surface area contributed by atoms with Crippen LogP contribution in [0, 0.1) is 34.5 Å². The van der Waals surface area contributed by atoms with E-state index in [1.54, 1.807) is 24.3 Å². The van der Waals surface area contributed by atoms with Crippen molar-refractivity contribution in [1.29, 1.82) is 10.5 Å². The molecule has 1 aromatic rings. The number of nitrogens with one attached hydrogen (secondary N) is 1. The molecule has 94 valence electrons. The summed E-state index contributed by atoms with van der Waals surface area (Å²) in [6.07, 6.45) is 0.764. The Morgan fingerprint density at radius 3 is 2.47 bits per heavy atom. The quantitative estimate of drug-likeness (QED) is 0.882. The molecule has 2 atom stereocenters. The third kappa shape index (κ3) is 3.17. The average molecular weight is 253 g/mol. The zero-order chi connectivity index (χ0) is 13.8. The third-order valence-electron chi connectivity index (χ3n) is 3.02. The molecule has 5 nitrogen and oxygen atoms in total. The summed E-state index contributed by atoms with van der Waals surface area (Å²) in [7, 11) is 0. The van der Waals surface area contributed by atoms with Gasteiger partial charge in [0.1, 0.15) is 11.7 Å². The third-order valence-corrected chi connectivity index (χ3v) is 3.02. The molecular weight excluding hydrogens is 242 g/mol. The molecule has 1 aliphatic carbocycles. The number of hydrogen-bond acceptors (Lipinski definition) is 4. The predicted octanol–water partition coefficient (Wildman–Crippen LogP) is 1.62. The minimum atomic E-state index is -0.813. The van der Waals surface area contributed by atoms with Crippen molar-refractivity contribution in [1.82, 2.24) is 0 Å². The summed E-state index contributed by atoms with van der Waals surface area (Å²) in [5.74, 6) is -1.23. The van der Waals surface area contributed by atoms with Gasteiger partial charge in [-0.3, -0.25) is 9.59 Å². The van der Waals surface area contributed by atoms with Crippen molar-refractivity contribution in [3.63, 3.8) is 0 Å². The standard InChI is InChI=1S/C14H11N3O2/c15-7-9-1-3-12(4-2-9)17-14(19)11(8-16)5-10-6-13(10)18/h1-4,10-11H,5-6H2,(H,17,19). The van der Waals surface area contributed by atoms with E-state index in [-0.39, 0.29) is 18.1 Å². The van der Waals surface area contributed by atoms with Gasteiger partial charge < -0.3 is 5.32 Å². The van der Waals surface area contributed by atoms with Crippen molar-refractivity contribution < 1.29 is 9.59 Å². The number of nitriles is 2. The van der Waals surface area contributed by atoms with E-state index in [1.165, 1.54) is 0 Å². The maximum Gasteiger partial charge on any atom is 0.241 e. The van der Waals surface area contributed by atoms with Crippen molar-refractivity contribution in [3.05, 3.63) is 29.8 Å². The summed E-state index contributed by atoms with van der Waals surface area (Å²) in [4.78, 5) is 22.8. The molecule has 0 bridgehead atoms. The summed E-state index contributed by atoms with van der Waals surface area (Å²) < 4.78 is 0. The molecule has 5 heteroatoms. The highest BCUT2D eigenvalue weighted by atomic mass is 16.2. The molecule has 19 heavy (non-hydrogen) atoms. The van der Waals surface area contributed by atoms with Crippen molar-refractivity contribution in [3.8, 4) is 12.1 Å². The number of carbonyl (C=O) groups is 2. The van der Waals surface area contributed by atoms with Crippen LogP contribution in [0.4, 0.5) is 5.69 Å². The minimum absolute atomic E-state index is 0.117. The van der Waals surface area contributed by atoms with Gasteiger partial charge in [0.25, 0.3) is 0 Å². The first-order valence-corrected chi connectivity index (χ1v) is 5.87. The lowest BCUT2D eigenvalue weighted by Gasteiger charge is -2.09. The van der Waals surface area contributed by atoms with Gasteiger partial charge >= 0.3 is 0 Å². The molecule has 0 spiro atoms. The smallest absolute Gasteiger partial charge is 0.241 e. The molecule has 1 saturated carbocycles. The number of Topliss-reactive ketones (excluding diaryl/α,β-unsaturated/α-hetero) is 1. The number of benzene rings is 1. The summed E-state index contributed by atoms with van der Waals surface area (Å²) in [5, 5.41) is 20.2. The van der Waals surface area contributed by atoms with Crippen molar-refractivity contribution in [2.24, 2.45) is 11.8 Å². The molecule has 0 heterocycles. The van der Waals surface area contributed by atoms with Crippen LogP contribution in [0.25, 0.3) is 0 Å². The van der Waals surface area contributed by atoms with E-state index in [0.717, 1.165) is 0 Å². The molecule has 2 unspecified atom stereocenters. The number of anilines is 1. The van der Waals surface area contributed by atoms with Crippen LogP contribution in [-0.2, 0) is 9.59 Å². The second kappa shape index (κ2) is 5.32. The van der Waals surface area contributed by atoms with E-state index in [2.05, 4.69) is 5.32 Å². The van der Waals surface area contributed by atoms with Gasteiger partial charge in [0.15, 0.2) is 0 Å². The number of carbonyl (C=O) groups excluding carboxylic acids is 2. The molecule has 1 N–H and O–H groups in total. The molecule has 1 aliphatic rings. The van der Waals surface area contributed by atoms with Crippen LogP contribution in [0.5, 0.6) is 0 Å². The molecule has 2 rings (SSSR count). The Kier molecular flexibility index (Phi) is 3.58. The maximum atomic E-state index is 11.9. The number of rotatable bonds is 4. The maximum absolute atomic E-state index is 11.9. The Bertz CT molecular complexity index is 593. The van der Waals surface area contributed by atoms with E-state index >= 15 is 0 Å². The first kappa shape index (κ1) is 12.8. The normalized spacial score (nSPS) is 18.0. The number of amides is 1. The first-order valence-electron chi connectivity index (χ1n) is 5.87. The van der Waals surface area contributed by atoms with Crippen LogP contribution < -0.4 is 5.32 Å². The molecule has 0 aliphatic heterocycles.